The van der Waals surface area contributed by atoms with Gasteiger partial charge >= 0.3 is 0 Å². The normalized spacial score (nSPS) is 11.4. The zero-order valence-electron chi connectivity index (χ0n) is 14.0. The van der Waals surface area contributed by atoms with Gasteiger partial charge in [0, 0.05) is 7.05 Å². The summed E-state index contributed by atoms with van der Waals surface area (Å²) in [6.07, 6.45) is 0. The first-order chi connectivity index (χ1) is 11.9. The molecule has 1 heterocycles. The van der Waals surface area contributed by atoms with Crippen molar-refractivity contribution >= 4 is 15.8 Å². The summed E-state index contributed by atoms with van der Waals surface area (Å²) in [6.45, 7) is 1.55. The third kappa shape index (κ3) is 3.23. The molecule has 1 aromatic heterocycles. The first-order valence-electron chi connectivity index (χ1n) is 7.88. The molecular formula is C18H19N3O3S. The minimum atomic E-state index is -3.53. The number of anilines is 1. The highest BCUT2D eigenvalue weighted by atomic mass is 32.2. The van der Waals surface area contributed by atoms with Gasteiger partial charge in [-0.1, -0.05) is 48.5 Å². The van der Waals surface area contributed by atoms with Crippen LogP contribution < -0.4 is 10.3 Å². The Morgan fingerprint density at radius 1 is 0.960 bits per heavy atom. The highest BCUT2D eigenvalue weighted by Gasteiger charge is 2.23. The average molecular weight is 357 g/mol. The lowest BCUT2D eigenvalue weighted by molar-refractivity contribution is 0.600. The first kappa shape index (κ1) is 17.0. The Morgan fingerprint density at radius 3 is 2.08 bits per heavy atom. The number of sulfonamides is 1. The second kappa shape index (κ2) is 6.60. The van der Waals surface area contributed by atoms with E-state index in [9.17, 15) is 13.2 Å². The van der Waals surface area contributed by atoms with Gasteiger partial charge in [0.05, 0.1) is 17.0 Å². The second-order valence-electron chi connectivity index (χ2n) is 5.57. The third-order valence-corrected chi connectivity index (χ3v) is 5.23. The molecule has 0 aliphatic heterocycles. The molecule has 0 atom stereocenters. The van der Waals surface area contributed by atoms with Gasteiger partial charge in [0.25, 0.3) is 5.56 Å². The van der Waals surface area contributed by atoms with E-state index in [2.05, 4.69) is 4.72 Å². The topological polar surface area (TPSA) is 73.1 Å². The second-order valence-corrected chi connectivity index (χ2v) is 7.58. The number of nitrogens with one attached hydrogen (secondary N) is 1. The predicted molar refractivity (Wildman–Crippen MR) is 99.5 cm³/mol. The maximum Gasteiger partial charge on any atom is 0.281 e. The van der Waals surface area contributed by atoms with Crippen molar-refractivity contribution in [2.24, 2.45) is 7.05 Å². The Kier molecular flexibility index (Phi) is 4.50. The molecule has 1 N–H and O–H groups in total. The van der Waals surface area contributed by atoms with Crippen molar-refractivity contribution in [3.05, 3.63) is 71.0 Å². The Hall–Kier alpha value is -2.80. The van der Waals surface area contributed by atoms with E-state index in [1.165, 1.54) is 9.36 Å². The van der Waals surface area contributed by atoms with Gasteiger partial charge in [-0.25, -0.2) is 13.1 Å². The molecule has 2 aromatic carbocycles. The van der Waals surface area contributed by atoms with E-state index in [0.29, 0.717) is 16.8 Å². The van der Waals surface area contributed by atoms with E-state index < -0.39 is 10.0 Å². The standard InChI is InChI=1S/C18H19N3O3S/c1-3-25(23,24)19-17-16(14-10-6-4-7-11-14)18(22)21(20(17)2)15-12-8-5-9-13-15/h4-13,19H,3H2,1-2H3. The summed E-state index contributed by atoms with van der Waals surface area (Å²) >= 11 is 0. The monoisotopic (exact) mass is 357 g/mol. The zero-order chi connectivity index (χ0) is 18.0. The van der Waals surface area contributed by atoms with Crippen molar-refractivity contribution in [1.29, 1.82) is 0 Å². The van der Waals surface area contributed by atoms with Crippen LogP contribution in [0.4, 0.5) is 5.82 Å². The molecule has 0 spiro atoms. The molecule has 7 heteroatoms. The SMILES string of the molecule is CCS(=O)(=O)Nc1c(-c2ccccc2)c(=O)n(-c2ccccc2)n1C. The maximum absolute atomic E-state index is 13.1. The van der Waals surface area contributed by atoms with Gasteiger partial charge in [-0.3, -0.25) is 14.2 Å². The van der Waals surface area contributed by atoms with Gasteiger partial charge in [-0.2, -0.15) is 0 Å². The van der Waals surface area contributed by atoms with E-state index in [1.807, 2.05) is 36.4 Å². The lowest BCUT2D eigenvalue weighted by Gasteiger charge is -2.12. The van der Waals surface area contributed by atoms with Crippen LogP contribution >= 0.6 is 0 Å². The molecule has 0 bridgehead atoms. The molecule has 6 nitrogen and oxygen atoms in total. The molecule has 0 aliphatic rings. The minimum Gasteiger partial charge on any atom is -0.267 e. The molecule has 130 valence electrons. The fourth-order valence-corrected chi connectivity index (χ4v) is 3.34. The fraction of sp³-hybridized carbons (Fsp3) is 0.167. The van der Waals surface area contributed by atoms with Gasteiger partial charge in [-0.05, 0) is 24.6 Å². The Bertz CT molecular complexity index is 1040. The molecule has 3 rings (SSSR count). The fourth-order valence-electron chi connectivity index (χ4n) is 2.67. The van der Waals surface area contributed by atoms with Gasteiger partial charge in [-0.15, -0.1) is 0 Å². The molecule has 25 heavy (non-hydrogen) atoms. The van der Waals surface area contributed by atoms with Crippen LogP contribution in [0.2, 0.25) is 0 Å². The van der Waals surface area contributed by atoms with Crippen LogP contribution in [0, 0.1) is 0 Å². The molecule has 0 saturated heterocycles. The summed E-state index contributed by atoms with van der Waals surface area (Å²) in [7, 11) is -1.87. The molecule has 0 radical (unpaired) electrons. The van der Waals surface area contributed by atoms with Crippen LogP contribution in [0.1, 0.15) is 6.92 Å². The average Bonchev–Trinajstić information content (AvgIpc) is 2.86. The molecule has 0 amide bonds. The largest absolute Gasteiger partial charge is 0.281 e. The van der Waals surface area contributed by atoms with Crippen molar-refractivity contribution in [3.63, 3.8) is 0 Å². The van der Waals surface area contributed by atoms with Crippen LogP contribution in [0.3, 0.4) is 0 Å². The number of nitrogens with zero attached hydrogens (tertiary/aromatic N) is 2. The molecule has 0 aliphatic carbocycles. The summed E-state index contributed by atoms with van der Waals surface area (Å²) in [6, 6.07) is 18.2. The highest BCUT2D eigenvalue weighted by molar-refractivity contribution is 7.92. The maximum atomic E-state index is 13.1. The van der Waals surface area contributed by atoms with Gasteiger partial charge in [0.1, 0.15) is 5.82 Å². The van der Waals surface area contributed by atoms with Crippen LogP contribution in [0.5, 0.6) is 0 Å². The predicted octanol–water partition coefficient (Wildman–Crippen LogP) is 2.60. The van der Waals surface area contributed by atoms with Crippen LogP contribution in [0.25, 0.3) is 16.8 Å². The van der Waals surface area contributed by atoms with Gasteiger partial charge in [0.2, 0.25) is 10.0 Å². The van der Waals surface area contributed by atoms with Crippen molar-refractivity contribution in [3.8, 4) is 16.8 Å². The lowest BCUT2D eigenvalue weighted by Crippen LogP contribution is -2.21. The first-order valence-corrected chi connectivity index (χ1v) is 9.53. The van der Waals surface area contributed by atoms with Gasteiger partial charge in [0.15, 0.2) is 0 Å². The Morgan fingerprint density at radius 2 is 1.52 bits per heavy atom. The van der Waals surface area contributed by atoms with E-state index in [0.717, 1.165) is 0 Å². The third-order valence-electron chi connectivity index (χ3n) is 3.96. The quantitative estimate of drug-likeness (QED) is 0.763. The number of benzene rings is 2. The molecule has 3 aromatic rings. The molecule has 0 unspecified atom stereocenters. The smallest absolute Gasteiger partial charge is 0.267 e. The summed E-state index contributed by atoms with van der Waals surface area (Å²) in [5.74, 6) is 0.174. The summed E-state index contributed by atoms with van der Waals surface area (Å²) in [5, 5.41) is 0. The van der Waals surface area contributed by atoms with E-state index in [1.54, 1.807) is 38.2 Å². The van der Waals surface area contributed by atoms with E-state index in [4.69, 9.17) is 0 Å². The Balaban J connectivity index is 2.31. The molecule has 0 saturated carbocycles. The zero-order valence-corrected chi connectivity index (χ0v) is 14.8. The van der Waals surface area contributed by atoms with E-state index in [-0.39, 0.29) is 17.1 Å². The Labute approximate surface area is 146 Å². The van der Waals surface area contributed by atoms with Crippen molar-refractivity contribution in [2.45, 2.75) is 6.92 Å². The van der Waals surface area contributed by atoms with E-state index >= 15 is 0 Å². The van der Waals surface area contributed by atoms with Crippen LogP contribution in [-0.2, 0) is 17.1 Å². The number of aromatic nitrogens is 2. The highest BCUT2D eigenvalue weighted by Crippen LogP contribution is 2.27. The number of hydrogen-bond donors (Lipinski definition) is 1. The van der Waals surface area contributed by atoms with Crippen molar-refractivity contribution < 1.29 is 8.42 Å². The van der Waals surface area contributed by atoms with Crippen LogP contribution in [0.15, 0.2) is 65.5 Å². The van der Waals surface area contributed by atoms with Gasteiger partial charge < -0.3 is 0 Å². The number of rotatable bonds is 5. The van der Waals surface area contributed by atoms with Crippen molar-refractivity contribution in [1.82, 2.24) is 9.36 Å². The van der Waals surface area contributed by atoms with Crippen molar-refractivity contribution in [2.75, 3.05) is 10.5 Å². The number of para-hydroxylation sites is 1. The summed E-state index contributed by atoms with van der Waals surface area (Å²) < 4.78 is 29.8. The van der Waals surface area contributed by atoms with Crippen LogP contribution in [-0.4, -0.2) is 23.5 Å². The number of hydrogen-bond acceptors (Lipinski definition) is 3. The summed E-state index contributed by atoms with van der Waals surface area (Å²) in [5.41, 5.74) is 1.36. The minimum absolute atomic E-state index is 0.0774. The summed E-state index contributed by atoms with van der Waals surface area (Å²) in [4.78, 5) is 13.1. The molecular weight excluding hydrogens is 338 g/mol. The molecule has 0 fully saturated rings. The lowest BCUT2D eigenvalue weighted by atomic mass is 10.1.